The van der Waals surface area contributed by atoms with E-state index in [0.29, 0.717) is 12.0 Å². The van der Waals surface area contributed by atoms with Crippen molar-refractivity contribution < 1.29 is 0 Å². The highest BCUT2D eigenvalue weighted by Gasteiger charge is 2.30. The van der Waals surface area contributed by atoms with E-state index in [1.54, 1.807) is 0 Å². The summed E-state index contributed by atoms with van der Waals surface area (Å²) in [4.78, 5) is 3.96. The molecule has 3 unspecified atom stereocenters. The van der Waals surface area contributed by atoms with Crippen molar-refractivity contribution in [3.05, 3.63) is 29.3 Å². The number of thioether (sulfide) groups is 1. The van der Waals surface area contributed by atoms with Gasteiger partial charge in [0.1, 0.15) is 0 Å². The number of hydrogen-bond acceptors (Lipinski definition) is 3. The predicted molar refractivity (Wildman–Crippen MR) is 78.0 cm³/mol. The Morgan fingerprint density at radius 3 is 3.00 bits per heavy atom. The molecule has 18 heavy (non-hydrogen) atoms. The molecule has 0 saturated carbocycles. The minimum atomic E-state index is 0.570. The number of benzene rings is 1. The minimum absolute atomic E-state index is 0.570. The minimum Gasteiger partial charge on any atom is -0.330 e. The second-order valence-corrected chi connectivity index (χ2v) is 7.27. The molecule has 2 aliphatic rings. The largest absolute Gasteiger partial charge is 0.330 e. The van der Waals surface area contributed by atoms with Gasteiger partial charge in [0.25, 0.3) is 0 Å². The molecule has 1 aromatic rings. The molecule has 2 nitrogen and oxygen atoms in total. The first-order valence-electron chi connectivity index (χ1n) is 6.87. The van der Waals surface area contributed by atoms with E-state index in [9.17, 15) is 0 Å². The fourth-order valence-corrected chi connectivity index (χ4v) is 4.49. The molecule has 2 aliphatic heterocycles. The molecule has 2 N–H and O–H groups in total. The van der Waals surface area contributed by atoms with Crippen LogP contribution in [0.5, 0.6) is 0 Å². The van der Waals surface area contributed by atoms with Gasteiger partial charge >= 0.3 is 0 Å². The van der Waals surface area contributed by atoms with E-state index >= 15 is 0 Å². The average Bonchev–Trinajstić information content (AvgIpc) is 2.89. The van der Waals surface area contributed by atoms with Gasteiger partial charge in [-0.1, -0.05) is 19.1 Å². The topological polar surface area (TPSA) is 29.3 Å². The van der Waals surface area contributed by atoms with Crippen LogP contribution in [0.25, 0.3) is 0 Å². The van der Waals surface area contributed by atoms with Gasteiger partial charge in [-0.05, 0) is 49.5 Å². The Morgan fingerprint density at radius 2 is 2.28 bits per heavy atom. The van der Waals surface area contributed by atoms with Gasteiger partial charge < -0.3 is 5.73 Å². The third-order valence-corrected chi connectivity index (χ3v) is 5.48. The van der Waals surface area contributed by atoms with E-state index in [0.717, 1.165) is 18.3 Å². The fourth-order valence-electron chi connectivity index (χ4n) is 3.29. The van der Waals surface area contributed by atoms with E-state index in [2.05, 4.69) is 37.1 Å². The lowest BCUT2D eigenvalue weighted by atomic mass is 9.98. The molecule has 3 atom stereocenters. The van der Waals surface area contributed by atoms with Crippen molar-refractivity contribution in [2.45, 2.75) is 36.0 Å². The third-order valence-electron chi connectivity index (χ3n) is 4.28. The summed E-state index contributed by atoms with van der Waals surface area (Å²) in [5.41, 5.74) is 8.83. The van der Waals surface area contributed by atoms with Crippen molar-refractivity contribution in [3.63, 3.8) is 0 Å². The molecule has 3 heteroatoms. The summed E-state index contributed by atoms with van der Waals surface area (Å²) in [7, 11) is 2.23. The van der Waals surface area contributed by atoms with Crippen LogP contribution >= 0.6 is 11.8 Å². The molecule has 1 saturated heterocycles. The van der Waals surface area contributed by atoms with Gasteiger partial charge in [0, 0.05) is 22.7 Å². The summed E-state index contributed by atoms with van der Waals surface area (Å²) in [6, 6.07) is 7.66. The van der Waals surface area contributed by atoms with Crippen LogP contribution in [-0.4, -0.2) is 30.3 Å². The summed E-state index contributed by atoms with van der Waals surface area (Å²) in [5.74, 6) is 0.667. The molecule has 3 rings (SSSR count). The van der Waals surface area contributed by atoms with Gasteiger partial charge in [0.15, 0.2) is 0 Å². The molecule has 1 fully saturated rings. The lowest BCUT2D eigenvalue weighted by molar-refractivity contribution is 0.313. The predicted octanol–water partition coefficient (Wildman–Crippen LogP) is 2.67. The van der Waals surface area contributed by atoms with Gasteiger partial charge in [-0.2, -0.15) is 0 Å². The molecular weight excluding hydrogens is 240 g/mol. The summed E-state index contributed by atoms with van der Waals surface area (Å²) < 4.78 is 0. The van der Waals surface area contributed by atoms with Gasteiger partial charge in [0.05, 0.1) is 0 Å². The summed E-state index contributed by atoms with van der Waals surface area (Å²) >= 11 is 2.03. The Bertz CT molecular complexity index is 446. The van der Waals surface area contributed by atoms with Crippen LogP contribution in [0, 0.1) is 5.92 Å². The molecule has 2 heterocycles. The number of fused-ring (bicyclic) bond motifs is 1. The van der Waals surface area contributed by atoms with E-state index in [-0.39, 0.29) is 0 Å². The Kier molecular flexibility index (Phi) is 3.39. The number of nitrogens with two attached hydrogens (primary N) is 1. The highest BCUT2D eigenvalue weighted by molar-refractivity contribution is 8.00. The molecule has 0 bridgehead atoms. The second kappa shape index (κ2) is 4.87. The van der Waals surface area contributed by atoms with E-state index in [1.807, 2.05) is 11.8 Å². The van der Waals surface area contributed by atoms with Crippen LogP contribution in [0.1, 0.15) is 30.5 Å². The Hall–Kier alpha value is -0.510. The van der Waals surface area contributed by atoms with Gasteiger partial charge in [-0.15, -0.1) is 11.8 Å². The Morgan fingerprint density at radius 1 is 1.44 bits per heavy atom. The molecule has 0 aromatic heterocycles. The first-order valence-corrected chi connectivity index (χ1v) is 7.75. The number of nitrogens with zero attached hydrogens (tertiary/aromatic N) is 1. The monoisotopic (exact) mass is 262 g/mol. The SMILES string of the molecule is CC1Cc2ccc(C3CC(CN)CN3C)cc2S1. The normalized spacial score (nSPS) is 31.8. The molecule has 1 aromatic carbocycles. The zero-order valence-corrected chi connectivity index (χ0v) is 12.0. The lowest BCUT2D eigenvalue weighted by Crippen LogP contribution is -2.20. The second-order valence-electron chi connectivity index (χ2n) is 5.79. The first kappa shape index (κ1) is 12.5. The maximum atomic E-state index is 5.81. The van der Waals surface area contributed by atoms with Crippen LogP contribution in [0.2, 0.25) is 0 Å². The summed E-state index contributed by atoms with van der Waals surface area (Å²) in [5, 5.41) is 0.744. The smallest absolute Gasteiger partial charge is 0.0349 e. The van der Waals surface area contributed by atoms with Gasteiger partial charge in [-0.25, -0.2) is 0 Å². The quantitative estimate of drug-likeness (QED) is 0.888. The fraction of sp³-hybridized carbons (Fsp3) is 0.600. The highest BCUT2D eigenvalue weighted by Crippen LogP contribution is 2.41. The Balaban J connectivity index is 1.83. The van der Waals surface area contributed by atoms with Crippen LogP contribution in [-0.2, 0) is 6.42 Å². The number of likely N-dealkylation sites (tertiary alicyclic amines) is 1. The highest BCUT2D eigenvalue weighted by atomic mass is 32.2. The molecule has 0 spiro atoms. The zero-order valence-electron chi connectivity index (χ0n) is 11.2. The molecule has 98 valence electrons. The third kappa shape index (κ3) is 2.20. The van der Waals surface area contributed by atoms with Crippen LogP contribution < -0.4 is 5.73 Å². The first-order chi connectivity index (χ1) is 8.67. The zero-order chi connectivity index (χ0) is 12.7. The summed E-state index contributed by atoms with van der Waals surface area (Å²) in [6.45, 7) is 4.27. The van der Waals surface area contributed by atoms with E-state index in [4.69, 9.17) is 5.73 Å². The maximum Gasteiger partial charge on any atom is 0.0349 e. The van der Waals surface area contributed by atoms with Crippen molar-refractivity contribution in [1.29, 1.82) is 0 Å². The molecule has 0 radical (unpaired) electrons. The number of hydrogen-bond donors (Lipinski definition) is 1. The average molecular weight is 262 g/mol. The standard InChI is InChI=1S/C15H22N2S/c1-10-5-13-4-3-12(7-15(13)18-10)14-6-11(8-16)9-17(14)2/h3-4,7,10-11,14H,5-6,8-9,16H2,1-2H3. The van der Waals surface area contributed by atoms with Gasteiger partial charge in [-0.3, -0.25) is 4.90 Å². The van der Waals surface area contributed by atoms with Crippen LogP contribution in [0.15, 0.2) is 23.1 Å². The number of rotatable bonds is 2. The molecule has 0 amide bonds. The molecule has 0 aliphatic carbocycles. The molecular formula is C15H22N2S. The lowest BCUT2D eigenvalue weighted by Gasteiger charge is -2.20. The van der Waals surface area contributed by atoms with Crippen LogP contribution in [0.4, 0.5) is 0 Å². The van der Waals surface area contributed by atoms with Crippen molar-refractivity contribution in [2.75, 3.05) is 20.1 Å². The van der Waals surface area contributed by atoms with E-state index in [1.165, 1.54) is 28.9 Å². The summed E-state index contributed by atoms with van der Waals surface area (Å²) in [6.07, 6.45) is 2.44. The maximum absolute atomic E-state index is 5.81. The van der Waals surface area contributed by atoms with Gasteiger partial charge in [0.2, 0.25) is 0 Å². The van der Waals surface area contributed by atoms with Crippen molar-refractivity contribution in [3.8, 4) is 0 Å². The Labute approximate surface area is 114 Å². The van der Waals surface area contributed by atoms with Crippen molar-refractivity contribution >= 4 is 11.8 Å². The van der Waals surface area contributed by atoms with Crippen LogP contribution in [0.3, 0.4) is 0 Å². The van der Waals surface area contributed by atoms with Crippen molar-refractivity contribution in [2.24, 2.45) is 11.7 Å². The van der Waals surface area contributed by atoms with Crippen molar-refractivity contribution in [1.82, 2.24) is 4.90 Å². The van der Waals surface area contributed by atoms with E-state index < -0.39 is 0 Å².